The highest BCUT2D eigenvalue weighted by molar-refractivity contribution is 5.95. The summed E-state index contributed by atoms with van der Waals surface area (Å²) in [6.45, 7) is 4.25. The summed E-state index contributed by atoms with van der Waals surface area (Å²) in [7, 11) is 2.00. The molecule has 0 saturated carbocycles. The Balaban J connectivity index is 2.38. The SMILES string of the molecule is CNc1c(C)c(C)nc2c3c(ccc12)CCCC3. The molecular formula is C16H20N2. The predicted octanol–water partition coefficient (Wildman–Crippen LogP) is 3.77. The summed E-state index contributed by atoms with van der Waals surface area (Å²) < 4.78 is 0. The summed E-state index contributed by atoms with van der Waals surface area (Å²) >= 11 is 0. The van der Waals surface area contributed by atoms with Gasteiger partial charge in [-0.15, -0.1) is 0 Å². The zero-order chi connectivity index (χ0) is 12.7. The third-order valence-corrected chi connectivity index (χ3v) is 4.22. The number of nitrogens with one attached hydrogen (secondary N) is 1. The molecule has 0 fully saturated rings. The van der Waals surface area contributed by atoms with Crippen molar-refractivity contribution >= 4 is 16.6 Å². The first-order valence-corrected chi connectivity index (χ1v) is 6.82. The van der Waals surface area contributed by atoms with Gasteiger partial charge in [0.2, 0.25) is 0 Å². The molecule has 0 aliphatic heterocycles. The van der Waals surface area contributed by atoms with Gasteiger partial charge in [0, 0.05) is 23.8 Å². The van der Waals surface area contributed by atoms with E-state index < -0.39 is 0 Å². The molecule has 0 saturated heterocycles. The van der Waals surface area contributed by atoms with E-state index in [0.717, 1.165) is 5.69 Å². The Hall–Kier alpha value is -1.57. The van der Waals surface area contributed by atoms with Gasteiger partial charge in [0.15, 0.2) is 0 Å². The zero-order valence-electron chi connectivity index (χ0n) is 11.4. The van der Waals surface area contributed by atoms with Gasteiger partial charge in [0.25, 0.3) is 0 Å². The number of hydrogen-bond donors (Lipinski definition) is 1. The second-order valence-corrected chi connectivity index (χ2v) is 5.25. The largest absolute Gasteiger partial charge is 0.387 e. The molecule has 0 bridgehead atoms. The van der Waals surface area contributed by atoms with Gasteiger partial charge in [-0.3, -0.25) is 4.98 Å². The van der Waals surface area contributed by atoms with Crippen molar-refractivity contribution in [2.75, 3.05) is 12.4 Å². The lowest BCUT2D eigenvalue weighted by Crippen LogP contribution is -2.06. The van der Waals surface area contributed by atoms with Crippen LogP contribution in [0, 0.1) is 13.8 Å². The van der Waals surface area contributed by atoms with E-state index in [0.29, 0.717) is 0 Å². The van der Waals surface area contributed by atoms with Gasteiger partial charge in [0.05, 0.1) is 5.52 Å². The van der Waals surface area contributed by atoms with Crippen molar-refractivity contribution < 1.29 is 0 Å². The lowest BCUT2D eigenvalue weighted by Gasteiger charge is -2.20. The van der Waals surface area contributed by atoms with Gasteiger partial charge in [-0.25, -0.2) is 0 Å². The first-order valence-electron chi connectivity index (χ1n) is 6.82. The Morgan fingerprint density at radius 2 is 1.89 bits per heavy atom. The summed E-state index contributed by atoms with van der Waals surface area (Å²) in [6.07, 6.45) is 5.03. The summed E-state index contributed by atoms with van der Waals surface area (Å²) in [5.74, 6) is 0. The van der Waals surface area contributed by atoms with E-state index in [1.807, 2.05) is 7.05 Å². The van der Waals surface area contributed by atoms with E-state index in [2.05, 4.69) is 31.3 Å². The van der Waals surface area contributed by atoms with Crippen LogP contribution in [-0.4, -0.2) is 12.0 Å². The van der Waals surface area contributed by atoms with Crippen LogP contribution in [-0.2, 0) is 12.8 Å². The van der Waals surface area contributed by atoms with E-state index >= 15 is 0 Å². The minimum Gasteiger partial charge on any atom is -0.387 e. The molecule has 0 amide bonds. The summed E-state index contributed by atoms with van der Waals surface area (Å²) in [5, 5.41) is 4.62. The normalized spacial score (nSPS) is 14.6. The molecule has 2 heteroatoms. The summed E-state index contributed by atoms with van der Waals surface area (Å²) in [6, 6.07) is 4.54. The van der Waals surface area contributed by atoms with Crippen LogP contribution in [0.15, 0.2) is 12.1 Å². The van der Waals surface area contributed by atoms with Gasteiger partial charge in [-0.2, -0.15) is 0 Å². The monoisotopic (exact) mass is 240 g/mol. The van der Waals surface area contributed by atoms with Gasteiger partial charge < -0.3 is 5.32 Å². The molecular weight excluding hydrogens is 220 g/mol. The molecule has 1 aromatic carbocycles. The highest BCUT2D eigenvalue weighted by atomic mass is 14.8. The van der Waals surface area contributed by atoms with E-state index in [9.17, 15) is 0 Å². The molecule has 0 radical (unpaired) electrons. The fourth-order valence-corrected chi connectivity index (χ4v) is 3.09. The van der Waals surface area contributed by atoms with Gasteiger partial charge in [-0.05, 0) is 56.2 Å². The van der Waals surface area contributed by atoms with Crippen LogP contribution in [0.3, 0.4) is 0 Å². The minimum absolute atomic E-state index is 1.14. The summed E-state index contributed by atoms with van der Waals surface area (Å²) in [5.41, 5.74) is 7.86. The Morgan fingerprint density at radius 1 is 1.11 bits per heavy atom. The van der Waals surface area contributed by atoms with Crippen molar-refractivity contribution in [3.8, 4) is 0 Å². The average molecular weight is 240 g/mol. The van der Waals surface area contributed by atoms with Gasteiger partial charge in [-0.1, -0.05) is 12.1 Å². The predicted molar refractivity (Wildman–Crippen MR) is 77.4 cm³/mol. The quantitative estimate of drug-likeness (QED) is 0.820. The Kier molecular flexibility index (Phi) is 2.73. The smallest absolute Gasteiger partial charge is 0.0760 e. The second kappa shape index (κ2) is 4.27. The number of rotatable bonds is 1. The Labute approximate surface area is 108 Å². The molecule has 2 aromatic rings. The van der Waals surface area contributed by atoms with Crippen LogP contribution in [0.5, 0.6) is 0 Å². The summed E-state index contributed by atoms with van der Waals surface area (Å²) in [4.78, 5) is 4.86. The fourth-order valence-electron chi connectivity index (χ4n) is 3.09. The van der Waals surface area contributed by atoms with Crippen molar-refractivity contribution in [2.45, 2.75) is 39.5 Å². The standard InChI is InChI=1S/C16H20N2/c1-10-11(2)18-16-13-7-5-4-6-12(13)8-9-14(16)15(10)17-3/h8-9H,4-7H2,1-3H3,(H,17,18). The van der Waals surface area contributed by atoms with E-state index in [1.165, 1.54) is 59.0 Å². The van der Waals surface area contributed by atoms with Gasteiger partial charge in [0.1, 0.15) is 0 Å². The Bertz CT molecular complexity index is 614. The van der Waals surface area contributed by atoms with E-state index in [1.54, 1.807) is 0 Å². The van der Waals surface area contributed by atoms with Crippen molar-refractivity contribution in [1.29, 1.82) is 0 Å². The number of benzene rings is 1. The van der Waals surface area contributed by atoms with Crippen molar-refractivity contribution in [3.63, 3.8) is 0 Å². The maximum atomic E-state index is 4.86. The number of nitrogens with zero attached hydrogens (tertiary/aromatic N) is 1. The second-order valence-electron chi connectivity index (χ2n) is 5.25. The minimum atomic E-state index is 1.14. The molecule has 0 spiro atoms. The van der Waals surface area contributed by atoms with E-state index in [-0.39, 0.29) is 0 Å². The third-order valence-electron chi connectivity index (χ3n) is 4.22. The highest BCUT2D eigenvalue weighted by Crippen LogP contribution is 2.33. The van der Waals surface area contributed by atoms with Crippen LogP contribution in [0.1, 0.15) is 35.2 Å². The van der Waals surface area contributed by atoms with Crippen LogP contribution in [0.4, 0.5) is 5.69 Å². The molecule has 1 aliphatic carbocycles. The molecule has 94 valence electrons. The van der Waals surface area contributed by atoms with Crippen LogP contribution < -0.4 is 5.32 Å². The average Bonchev–Trinajstić information content (AvgIpc) is 2.40. The third kappa shape index (κ3) is 1.59. The maximum Gasteiger partial charge on any atom is 0.0760 e. The molecule has 1 aromatic heterocycles. The highest BCUT2D eigenvalue weighted by Gasteiger charge is 2.16. The number of fused-ring (bicyclic) bond motifs is 3. The molecule has 1 N–H and O–H groups in total. The van der Waals surface area contributed by atoms with Crippen molar-refractivity contribution in [3.05, 3.63) is 34.5 Å². The van der Waals surface area contributed by atoms with Crippen molar-refractivity contribution in [2.24, 2.45) is 0 Å². The zero-order valence-corrected chi connectivity index (χ0v) is 11.4. The number of pyridine rings is 1. The lowest BCUT2D eigenvalue weighted by molar-refractivity contribution is 0.689. The molecule has 0 unspecified atom stereocenters. The van der Waals surface area contributed by atoms with E-state index in [4.69, 9.17) is 4.98 Å². The van der Waals surface area contributed by atoms with Crippen molar-refractivity contribution in [1.82, 2.24) is 4.98 Å². The number of anilines is 1. The molecule has 2 nitrogen and oxygen atoms in total. The molecule has 3 rings (SSSR count). The number of hydrogen-bond acceptors (Lipinski definition) is 2. The first kappa shape index (κ1) is 11.5. The molecule has 18 heavy (non-hydrogen) atoms. The lowest BCUT2D eigenvalue weighted by atomic mass is 9.89. The van der Waals surface area contributed by atoms with Crippen LogP contribution in [0.2, 0.25) is 0 Å². The van der Waals surface area contributed by atoms with Gasteiger partial charge >= 0.3 is 0 Å². The molecule has 1 heterocycles. The molecule has 1 aliphatic rings. The Morgan fingerprint density at radius 3 is 2.67 bits per heavy atom. The van der Waals surface area contributed by atoms with Crippen LogP contribution >= 0.6 is 0 Å². The number of aryl methyl sites for hydroxylation is 3. The number of aromatic nitrogens is 1. The molecule has 0 atom stereocenters. The fraction of sp³-hybridized carbons (Fsp3) is 0.438. The topological polar surface area (TPSA) is 24.9 Å². The van der Waals surface area contributed by atoms with Crippen LogP contribution in [0.25, 0.3) is 10.9 Å². The maximum absolute atomic E-state index is 4.86. The first-order chi connectivity index (χ1) is 8.72.